The lowest BCUT2D eigenvalue weighted by Crippen LogP contribution is -1.93. The van der Waals surface area contributed by atoms with Crippen molar-refractivity contribution < 1.29 is 4.42 Å². The van der Waals surface area contributed by atoms with Gasteiger partial charge in [0, 0.05) is 0 Å². The molecule has 7 heteroatoms. The zero-order chi connectivity index (χ0) is 11.2. The molecule has 0 aliphatic carbocycles. The second kappa shape index (κ2) is 2.91. The Morgan fingerprint density at radius 1 is 1.35 bits per heavy atom. The minimum atomic E-state index is 0.586. The maximum atomic E-state index is 5.28. The van der Waals surface area contributed by atoms with E-state index in [1.807, 2.05) is 12.1 Å². The van der Waals surface area contributed by atoms with E-state index >= 15 is 0 Å². The minimum absolute atomic E-state index is 0.586. The van der Waals surface area contributed by atoms with Crippen molar-refractivity contribution in [2.24, 2.45) is 0 Å². The summed E-state index contributed by atoms with van der Waals surface area (Å²) in [7, 11) is 0. The second-order valence-corrected chi connectivity index (χ2v) is 3.57. The van der Waals surface area contributed by atoms with Crippen LogP contribution in [0.1, 0.15) is 0 Å². The van der Waals surface area contributed by atoms with Crippen LogP contribution in [0.4, 0.5) is 0 Å². The molecule has 0 atom stereocenters. The molecule has 7 nitrogen and oxygen atoms in total. The van der Waals surface area contributed by atoms with Crippen molar-refractivity contribution in [3.05, 3.63) is 30.9 Å². The summed E-state index contributed by atoms with van der Waals surface area (Å²) in [6.45, 7) is 0. The lowest BCUT2D eigenvalue weighted by Gasteiger charge is -1.95. The molecule has 0 bridgehead atoms. The van der Waals surface area contributed by atoms with Crippen LogP contribution in [0.5, 0.6) is 0 Å². The van der Waals surface area contributed by atoms with Gasteiger partial charge in [-0.25, -0.2) is 14.5 Å². The van der Waals surface area contributed by atoms with Crippen molar-refractivity contribution in [1.82, 2.24) is 29.8 Å². The molecule has 2 aromatic rings. The number of aromatic nitrogens is 6. The molecular formula is C10H6N6O. The highest BCUT2D eigenvalue weighted by molar-refractivity contribution is 5.73. The standard InChI is InChI=1S/C10H6N6O/c1-2-7(17-3-1)9-13-10-6-4-12-14-8(6)11-5-16(10)15-9/h1-5H,(H,13,15). The number of fused-ring (bicyclic) bond motifs is 3. The number of furan rings is 1. The molecule has 82 valence electrons. The third-order valence-corrected chi connectivity index (χ3v) is 2.54. The molecule has 0 amide bonds. The lowest BCUT2D eigenvalue weighted by atomic mass is 10.3. The highest BCUT2D eigenvalue weighted by Gasteiger charge is 2.15. The second-order valence-electron chi connectivity index (χ2n) is 3.57. The molecule has 0 aromatic carbocycles. The predicted octanol–water partition coefficient (Wildman–Crippen LogP) is 1.21. The SMILES string of the molecule is c1coc(-c2nc3c4cnnc-4ncn3[nH]2)c1. The first kappa shape index (κ1) is 8.45. The van der Waals surface area contributed by atoms with Gasteiger partial charge >= 0.3 is 0 Å². The number of aromatic amines is 1. The molecule has 1 N–H and O–H groups in total. The topological polar surface area (TPSA) is 84.9 Å². The molecule has 2 aliphatic rings. The Balaban J connectivity index is 2.04. The van der Waals surface area contributed by atoms with Crippen molar-refractivity contribution >= 4 is 5.65 Å². The van der Waals surface area contributed by atoms with Crippen LogP contribution in [0.2, 0.25) is 0 Å². The van der Waals surface area contributed by atoms with E-state index in [9.17, 15) is 0 Å². The monoisotopic (exact) mass is 226 g/mol. The van der Waals surface area contributed by atoms with Gasteiger partial charge in [-0.15, -0.1) is 5.10 Å². The summed E-state index contributed by atoms with van der Waals surface area (Å²) in [5.41, 5.74) is 1.54. The molecule has 2 aromatic heterocycles. The molecule has 4 rings (SSSR count). The molecular weight excluding hydrogens is 220 g/mol. The van der Waals surface area contributed by atoms with E-state index in [2.05, 4.69) is 25.3 Å². The molecule has 0 fully saturated rings. The van der Waals surface area contributed by atoms with Gasteiger partial charge in [0.15, 0.2) is 23.1 Å². The molecule has 4 heterocycles. The fourth-order valence-electron chi connectivity index (χ4n) is 1.77. The lowest BCUT2D eigenvalue weighted by molar-refractivity contribution is 0.577. The van der Waals surface area contributed by atoms with Gasteiger partial charge in [-0.05, 0) is 12.1 Å². The maximum absolute atomic E-state index is 5.28. The fraction of sp³-hybridized carbons (Fsp3) is 0. The molecule has 0 unspecified atom stereocenters. The number of nitrogens with zero attached hydrogens (tertiary/aromatic N) is 5. The number of H-pyrrole nitrogens is 1. The highest BCUT2D eigenvalue weighted by Crippen LogP contribution is 2.23. The summed E-state index contributed by atoms with van der Waals surface area (Å²) in [6.07, 6.45) is 4.86. The van der Waals surface area contributed by atoms with Crippen LogP contribution in [0.3, 0.4) is 0 Å². The van der Waals surface area contributed by atoms with Crippen molar-refractivity contribution in [1.29, 1.82) is 0 Å². The summed E-state index contributed by atoms with van der Waals surface area (Å²) in [5.74, 6) is 1.90. The smallest absolute Gasteiger partial charge is 0.190 e. The van der Waals surface area contributed by atoms with Gasteiger partial charge in [0.2, 0.25) is 0 Å². The van der Waals surface area contributed by atoms with Crippen molar-refractivity contribution in [2.45, 2.75) is 0 Å². The van der Waals surface area contributed by atoms with Crippen LogP contribution in [-0.4, -0.2) is 29.8 Å². The van der Waals surface area contributed by atoms with Crippen LogP contribution >= 0.6 is 0 Å². The van der Waals surface area contributed by atoms with Crippen LogP contribution < -0.4 is 0 Å². The molecule has 0 spiro atoms. The van der Waals surface area contributed by atoms with Crippen LogP contribution in [0.25, 0.3) is 28.6 Å². The molecule has 0 saturated heterocycles. The molecule has 0 saturated carbocycles. The summed E-state index contributed by atoms with van der Waals surface area (Å²) in [6, 6.07) is 3.65. The van der Waals surface area contributed by atoms with E-state index in [-0.39, 0.29) is 0 Å². The quantitative estimate of drug-likeness (QED) is 0.527. The fourth-order valence-corrected chi connectivity index (χ4v) is 1.77. The Kier molecular flexibility index (Phi) is 1.45. The van der Waals surface area contributed by atoms with E-state index in [4.69, 9.17) is 4.42 Å². The minimum Gasteiger partial charge on any atom is -0.461 e. The summed E-state index contributed by atoms with van der Waals surface area (Å²) in [4.78, 5) is 8.60. The third-order valence-electron chi connectivity index (χ3n) is 2.54. The summed E-state index contributed by atoms with van der Waals surface area (Å²) < 4.78 is 7.00. The van der Waals surface area contributed by atoms with Crippen LogP contribution in [-0.2, 0) is 0 Å². The van der Waals surface area contributed by atoms with Gasteiger partial charge in [-0.2, -0.15) is 5.10 Å². The predicted molar refractivity (Wildman–Crippen MR) is 57.3 cm³/mol. The normalized spacial score (nSPS) is 11.5. The van der Waals surface area contributed by atoms with Crippen molar-refractivity contribution in [3.8, 4) is 23.0 Å². The first-order valence-electron chi connectivity index (χ1n) is 5.00. The maximum Gasteiger partial charge on any atom is 0.190 e. The zero-order valence-corrected chi connectivity index (χ0v) is 8.53. The van der Waals surface area contributed by atoms with Gasteiger partial charge in [0.05, 0.1) is 18.0 Å². The van der Waals surface area contributed by atoms with Gasteiger partial charge in [-0.3, -0.25) is 5.10 Å². The largest absolute Gasteiger partial charge is 0.461 e. The van der Waals surface area contributed by atoms with E-state index in [1.165, 1.54) is 0 Å². The number of rotatable bonds is 1. The first-order valence-corrected chi connectivity index (χ1v) is 5.00. The van der Waals surface area contributed by atoms with E-state index in [1.54, 1.807) is 23.3 Å². The van der Waals surface area contributed by atoms with Gasteiger partial charge in [-0.1, -0.05) is 0 Å². The Bertz CT molecular complexity index is 752. The van der Waals surface area contributed by atoms with Gasteiger partial charge in [0.25, 0.3) is 0 Å². The van der Waals surface area contributed by atoms with Crippen LogP contribution in [0, 0.1) is 0 Å². The molecule has 0 radical (unpaired) electrons. The first-order chi connectivity index (χ1) is 8.42. The number of hydrogen-bond acceptors (Lipinski definition) is 5. The van der Waals surface area contributed by atoms with Crippen molar-refractivity contribution in [2.75, 3.05) is 0 Å². The Labute approximate surface area is 94.5 Å². The van der Waals surface area contributed by atoms with E-state index in [0.29, 0.717) is 17.4 Å². The van der Waals surface area contributed by atoms with Crippen LogP contribution in [0.15, 0.2) is 35.3 Å². The highest BCUT2D eigenvalue weighted by atomic mass is 16.3. The van der Waals surface area contributed by atoms with Crippen molar-refractivity contribution in [3.63, 3.8) is 0 Å². The van der Waals surface area contributed by atoms with Gasteiger partial charge in [0.1, 0.15) is 6.33 Å². The summed E-state index contributed by atoms with van der Waals surface area (Å²) >= 11 is 0. The zero-order valence-electron chi connectivity index (χ0n) is 8.53. The third kappa shape index (κ3) is 1.10. The van der Waals surface area contributed by atoms with E-state index in [0.717, 1.165) is 11.2 Å². The average Bonchev–Trinajstić information content (AvgIpc) is 3.08. The molecule has 2 aliphatic heterocycles. The Hall–Kier alpha value is -2.70. The number of nitrogens with one attached hydrogen (secondary N) is 1. The number of hydrogen-bond donors (Lipinski definition) is 1. The van der Waals surface area contributed by atoms with Gasteiger partial charge < -0.3 is 4.42 Å². The Morgan fingerprint density at radius 3 is 3.24 bits per heavy atom. The molecule has 17 heavy (non-hydrogen) atoms. The average molecular weight is 226 g/mol. The Morgan fingerprint density at radius 2 is 2.35 bits per heavy atom. The van der Waals surface area contributed by atoms with E-state index < -0.39 is 0 Å². The summed E-state index contributed by atoms with van der Waals surface area (Å²) in [5, 5.41) is 10.8.